The van der Waals surface area contributed by atoms with Gasteiger partial charge in [-0.2, -0.15) is 0 Å². The van der Waals surface area contributed by atoms with Crippen molar-refractivity contribution in [2.24, 2.45) is 0 Å². The summed E-state index contributed by atoms with van der Waals surface area (Å²) in [6.07, 6.45) is 0.293. The largest absolute Gasteiger partial charge is 0.489 e. The molecule has 0 aliphatic carbocycles. The van der Waals surface area contributed by atoms with E-state index in [1.165, 1.54) is 0 Å². The smallest absolute Gasteiger partial charge is 0.138 e. The Balaban J connectivity index is 1.61. The van der Waals surface area contributed by atoms with E-state index in [1.54, 1.807) is 23.5 Å². The lowest BCUT2D eigenvalue weighted by Gasteiger charge is -2.13. The third kappa shape index (κ3) is 5.63. The first-order valence-corrected chi connectivity index (χ1v) is 8.08. The Morgan fingerprint density at radius 3 is 2.95 bits per heavy atom. The molecule has 0 amide bonds. The van der Waals surface area contributed by atoms with E-state index in [9.17, 15) is 5.11 Å². The zero-order valence-electron chi connectivity index (χ0n) is 11.9. The number of rotatable bonds is 8. The first kappa shape index (κ1) is 16.2. The van der Waals surface area contributed by atoms with Gasteiger partial charge in [0, 0.05) is 24.9 Å². The Morgan fingerprint density at radius 1 is 1.43 bits per heavy atom. The molecule has 0 saturated heterocycles. The monoisotopic (exact) mass is 326 g/mol. The number of aliphatic hydroxyl groups is 1. The maximum absolute atomic E-state index is 9.86. The predicted octanol–water partition coefficient (Wildman–Crippen LogP) is 2.68. The van der Waals surface area contributed by atoms with Crippen LogP contribution in [-0.4, -0.2) is 35.9 Å². The van der Waals surface area contributed by atoms with Crippen LogP contribution in [0.5, 0.6) is 5.75 Å². The fraction of sp³-hybridized carbons (Fsp3) is 0.400. The van der Waals surface area contributed by atoms with E-state index in [2.05, 4.69) is 15.7 Å². The summed E-state index contributed by atoms with van der Waals surface area (Å²) in [4.78, 5) is 4.39. The van der Waals surface area contributed by atoms with Gasteiger partial charge in [0.25, 0.3) is 0 Å². The molecule has 2 N–H and O–H groups in total. The lowest BCUT2D eigenvalue weighted by Crippen LogP contribution is -2.32. The van der Waals surface area contributed by atoms with Crippen LogP contribution in [0.4, 0.5) is 0 Å². The zero-order valence-corrected chi connectivity index (χ0v) is 13.5. The third-order valence-corrected chi connectivity index (χ3v) is 4.01. The van der Waals surface area contributed by atoms with Crippen molar-refractivity contribution in [1.29, 1.82) is 0 Å². The Morgan fingerprint density at radius 2 is 2.24 bits per heavy atom. The van der Waals surface area contributed by atoms with Gasteiger partial charge in [-0.3, -0.25) is 0 Å². The minimum absolute atomic E-state index is 0.215. The van der Waals surface area contributed by atoms with E-state index in [-0.39, 0.29) is 6.61 Å². The van der Waals surface area contributed by atoms with Crippen LogP contribution in [0.3, 0.4) is 0 Å². The maximum atomic E-state index is 9.86. The molecule has 1 atom stereocenters. The summed E-state index contributed by atoms with van der Waals surface area (Å²) in [5, 5.41) is 16.8. The molecule has 1 aromatic heterocycles. The molecule has 0 fully saturated rings. The van der Waals surface area contributed by atoms with Gasteiger partial charge >= 0.3 is 0 Å². The topological polar surface area (TPSA) is 54.4 Å². The molecule has 21 heavy (non-hydrogen) atoms. The second kappa shape index (κ2) is 8.34. The van der Waals surface area contributed by atoms with Gasteiger partial charge in [0.2, 0.25) is 0 Å². The van der Waals surface area contributed by atoms with Gasteiger partial charge in [-0.1, -0.05) is 23.7 Å². The lowest BCUT2D eigenvalue weighted by atomic mass is 10.3. The average Bonchev–Trinajstić information content (AvgIpc) is 2.88. The summed E-state index contributed by atoms with van der Waals surface area (Å²) in [6.45, 7) is 3.48. The number of nitrogens with zero attached hydrogens (tertiary/aromatic N) is 1. The summed E-state index contributed by atoms with van der Waals surface area (Å²) < 4.78 is 5.48. The third-order valence-electron chi connectivity index (χ3n) is 2.87. The highest BCUT2D eigenvalue weighted by Crippen LogP contribution is 2.22. The summed E-state index contributed by atoms with van der Waals surface area (Å²) in [7, 11) is 0. The van der Waals surface area contributed by atoms with E-state index < -0.39 is 6.10 Å². The number of halogens is 1. The molecule has 1 heterocycles. The van der Waals surface area contributed by atoms with Crippen LogP contribution in [0, 0.1) is 6.92 Å². The van der Waals surface area contributed by atoms with Crippen molar-refractivity contribution >= 4 is 22.9 Å². The molecule has 1 unspecified atom stereocenters. The quantitative estimate of drug-likeness (QED) is 0.732. The van der Waals surface area contributed by atoms with Crippen molar-refractivity contribution in [3.05, 3.63) is 45.4 Å². The standard InChI is InChI=1S/C15H19ClN2O2S/c1-11-18-12(10-21-11)6-7-17-8-13(19)9-20-15-5-3-2-4-14(15)16/h2-5,10,13,17,19H,6-9H2,1H3. The molecule has 6 heteroatoms. The Hall–Kier alpha value is -1.14. The predicted molar refractivity (Wildman–Crippen MR) is 86.4 cm³/mol. The van der Waals surface area contributed by atoms with Crippen molar-refractivity contribution in [2.75, 3.05) is 19.7 Å². The molecule has 0 radical (unpaired) electrons. The van der Waals surface area contributed by atoms with Gasteiger partial charge < -0.3 is 15.2 Å². The zero-order chi connectivity index (χ0) is 15.1. The van der Waals surface area contributed by atoms with Crippen molar-refractivity contribution in [1.82, 2.24) is 10.3 Å². The molecule has 0 spiro atoms. The fourth-order valence-electron chi connectivity index (χ4n) is 1.81. The number of thiazole rings is 1. The molecule has 1 aromatic carbocycles. The van der Waals surface area contributed by atoms with E-state index in [0.29, 0.717) is 17.3 Å². The van der Waals surface area contributed by atoms with Crippen molar-refractivity contribution in [3.8, 4) is 5.75 Å². The molecular formula is C15H19ClN2O2S. The fourth-order valence-corrected chi connectivity index (χ4v) is 2.65. The first-order chi connectivity index (χ1) is 10.1. The van der Waals surface area contributed by atoms with Crippen LogP contribution in [0.2, 0.25) is 5.02 Å². The van der Waals surface area contributed by atoms with Crippen LogP contribution in [0.1, 0.15) is 10.7 Å². The van der Waals surface area contributed by atoms with Gasteiger partial charge in [-0.05, 0) is 19.1 Å². The molecule has 0 bridgehead atoms. The highest BCUT2D eigenvalue weighted by atomic mass is 35.5. The Labute approximate surface area is 133 Å². The van der Waals surface area contributed by atoms with E-state index >= 15 is 0 Å². The molecule has 0 aliphatic heterocycles. The number of aliphatic hydroxyl groups excluding tert-OH is 1. The second-order valence-electron chi connectivity index (χ2n) is 4.71. The minimum atomic E-state index is -0.571. The SMILES string of the molecule is Cc1nc(CCNCC(O)COc2ccccc2Cl)cs1. The van der Waals surface area contributed by atoms with Gasteiger partial charge in [0.15, 0.2) is 0 Å². The van der Waals surface area contributed by atoms with Crippen LogP contribution >= 0.6 is 22.9 Å². The second-order valence-corrected chi connectivity index (χ2v) is 6.18. The first-order valence-electron chi connectivity index (χ1n) is 6.82. The summed E-state index contributed by atoms with van der Waals surface area (Å²) in [5.74, 6) is 0.594. The highest BCUT2D eigenvalue weighted by Gasteiger charge is 2.07. The Bertz CT molecular complexity index is 562. The van der Waals surface area contributed by atoms with E-state index in [1.807, 2.05) is 19.1 Å². The van der Waals surface area contributed by atoms with Crippen molar-refractivity contribution < 1.29 is 9.84 Å². The van der Waals surface area contributed by atoms with Crippen LogP contribution in [0.25, 0.3) is 0 Å². The molecular weight excluding hydrogens is 308 g/mol. The number of para-hydroxylation sites is 1. The number of ether oxygens (including phenoxy) is 1. The van der Waals surface area contributed by atoms with Crippen molar-refractivity contribution in [2.45, 2.75) is 19.4 Å². The summed E-state index contributed by atoms with van der Waals surface area (Å²) in [6, 6.07) is 7.24. The van der Waals surface area contributed by atoms with Crippen LogP contribution in [0.15, 0.2) is 29.6 Å². The summed E-state index contributed by atoms with van der Waals surface area (Å²) >= 11 is 7.63. The lowest BCUT2D eigenvalue weighted by molar-refractivity contribution is 0.107. The Kier molecular flexibility index (Phi) is 6.45. The van der Waals surface area contributed by atoms with Crippen LogP contribution in [-0.2, 0) is 6.42 Å². The normalized spacial score (nSPS) is 12.3. The minimum Gasteiger partial charge on any atom is -0.489 e. The molecule has 2 aromatic rings. The average molecular weight is 327 g/mol. The molecule has 4 nitrogen and oxygen atoms in total. The van der Waals surface area contributed by atoms with Gasteiger partial charge in [-0.25, -0.2) is 4.98 Å². The number of benzene rings is 1. The van der Waals surface area contributed by atoms with Crippen LogP contribution < -0.4 is 10.1 Å². The van der Waals surface area contributed by atoms with Gasteiger partial charge in [-0.15, -0.1) is 11.3 Å². The molecule has 114 valence electrons. The molecule has 0 aliphatic rings. The molecule has 0 saturated carbocycles. The highest BCUT2D eigenvalue weighted by molar-refractivity contribution is 7.09. The number of aryl methyl sites for hydroxylation is 1. The van der Waals surface area contributed by atoms with E-state index in [0.717, 1.165) is 23.7 Å². The summed E-state index contributed by atoms with van der Waals surface area (Å²) in [5.41, 5.74) is 1.09. The van der Waals surface area contributed by atoms with Gasteiger partial charge in [0.05, 0.1) is 15.7 Å². The van der Waals surface area contributed by atoms with E-state index in [4.69, 9.17) is 16.3 Å². The van der Waals surface area contributed by atoms with Gasteiger partial charge in [0.1, 0.15) is 18.5 Å². The molecule has 2 rings (SSSR count). The number of nitrogens with one attached hydrogen (secondary N) is 1. The number of hydrogen-bond acceptors (Lipinski definition) is 5. The number of hydrogen-bond donors (Lipinski definition) is 2. The maximum Gasteiger partial charge on any atom is 0.138 e. The van der Waals surface area contributed by atoms with Crippen molar-refractivity contribution in [3.63, 3.8) is 0 Å². The number of aromatic nitrogens is 1.